The summed E-state index contributed by atoms with van der Waals surface area (Å²) in [5.41, 5.74) is 5.96. The molecule has 2 aromatic rings. The van der Waals surface area contributed by atoms with Crippen LogP contribution in [0.3, 0.4) is 0 Å². The van der Waals surface area contributed by atoms with Crippen molar-refractivity contribution >= 4 is 11.6 Å². The highest BCUT2D eigenvalue weighted by Gasteiger charge is 2.22. The van der Waals surface area contributed by atoms with Gasteiger partial charge >= 0.3 is 0 Å². The fourth-order valence-corrected chi connectivity index (χ4v) is 2.07. The Morgan fingerprint density at radius 3 is 3.06 bits per heavy atom. The molecule has 2 N–H and O–H groups in total. The molecule has 0 amide bonds. The van der Waals surface area contributed by atoms with E-state index in [2.05, 4.69) is 10.1 Å². The molecule has 0 bridgehead atoms. The number of furan rings is 1. The van der Waals surface area contributed by atoms with Crippen LogP contribution < -0.4 is 5.73 Å². The molecule has 0 aliphatic carbocycles. The highest BCUT2D eigenvalue weighted by Crippen LogP contribution is 2.26. The zero-order chi connectivity index (χ0) is 11.1. The van der Waals surface area contributed by atoms with Gasteiger partial charge in [-0.1, -0.05) is 0 Å². The minimum atomic E-state index is -0.0274. The lowest BCUT2D eigenvalue weighted by molar-refractivity contribution is 0.422. The van der Waals surface area contributed by atoms with Crippen LogP contribution in [-0.4, -0.2) is 14.8 Å². The lowest BCUT2D eigenvalue weighted by atomic mass is 10.1. The Morgan fingerprint density at radius 1 is 1.50 bits per heavy atom. The molecule has 3 rings (SSSR count). The van der Waals surface area contributed by atoms with Crippen LogP contribution in [0.5, 0.6) is 0 Å². The number of aryl methyl sites for hydroxylation is 1. The Kier molecular flexibility index (Phi) is 2.22. The molecule has 0 fully saturated rings. The van der Waals surface area contributed by atoms with Gasteiger partial charge in [-0.05, 0) is 36.6 Å². The van der Waals surface area contributed by atoms with Crippen LogP contribution in [0, 0.1) is 0 Å². The molecule has 1 aliphatic heterocycles. The van der Waals surface area contributed by atoms with Gasteiger partial charge < -0.3 is 10.2 Å². The first-order chi connectivity index (χ1) is 7.74. The summed E-state index contributed by atoms with van der Waals surface area (Å²) in [5, 5.41) is 4.70. The minimum Gasteiger partial charge on any atom is -0.441 e. The monoisotopic (exact) mass is 238 g/mol. The van der Waals surface area contributed by atoms with Crippen molar-refractivity contribution < 1.29 is 4.42 Å². The van der Waals surface area contributed by atoms with E-state index in [1.807, 2.05) is 4.68 Å². The number of hydrogen-bond donors (Lipinski definition) is 1. The number of fused-ring (bicyclic) bond motifs is 1. The second-order valence-corrected chi connectivity index (χ2v) is 4.24. The number of aromatic nitrogens is 3. The van der Waals surface area contributed by atoms with Gasteiger partial charge in [0.25, 0.3) is 0 Å². The Hall–Kier alpha value is -1.33. The molecule has 0 saturated heterocycles. The summed E-state index contributed by atoms with van der Waals surface area (Å²) in [6.45, 7) is 0.866. The molecule has 3 heterocycles. The fourth-order valence-electron chi connectivity index (χ4n) is 1.92. The lowest BCUT2D eigenvalue weighted by Gasteiger charge is -2.17. The second-order valence-electron chi connectivity index (χ2n) is 3.87. The van der Waals surface area contributed by atoms with Gasteiger partial charge in [0, 0.05) is 6.54 Å². The topological polar surface area (TPSA) is 69.9 Å². The van der Waals surface area contributed by atoms with Crippen LogP contribution in [0.4, 0.5) is 0 Å². The van der Waals surface area contributed by atoms with Crippen LogP contribution in [0.15, 0.2) is 16.5 Å². The van der Waals surface area contributed by atoms with E-state index in [9.17, 15) is 0 Å². The zero-order valence-corrected chi connectivity index (χ0v) is 9.31. The number of halogens is 1. The van der Waals surface area contributed by atoms with E-state index in [0.29, 0.717) is 16.8 Å². The van der Waals surface area contributed by atoms with E-state index in [-0.39, 0.29) is 6.04 Å². The molecular formula is C10H11ClN4O. The third-order valence-electron chi connectivity index (χ3n) is 2.71. The van der Waals surface area contributed by atoms with E-state index >= 15 is 0 Å². The highest BCUT2D eigenvalue weighted by atomic mass is 35.5. The summed E-state index contributed by atoms with van der Waals surface area (Å²) in [4.78, 5) is 4.39. The molecule has 16 heavy (non-hydrogen) atoms. The second kappa shape index (κ2) is 3.61. The molecule has 0 radical (unpaired) electrons. The maximum Gasteiger partial charge on any atom is 0.217 e. The molecule has 1 aliphatic rings. The molecule has 0 saturated carbocycles. The van der Waals surface area contributed by atoms with E-state index in [1.165, 1.54) is 0 Å². The standard InChI is InChI=1S/C10H11ClN4O/c11-8-4-3-7(16-8)9-13-10-6(12)2-1-5-15(10)14-9/h3-4,6H,1-2,5,12H2. The summed E-state index contributed by atoms with van der Waals surface area (Å²) in [6.07, 6.45) is 1.99. The zero-order valence-electron chi connectivity index (χ0n) is 8.56. The number of rotatable bonds is 1. The number of nitrogens with zero attached hydrogens (tertiary/aromatic N) is 3. The van der Waals surface area contributed by atoms with Crippen LogP contribution in [-0.2, 0) is 6.54 Å². The molecule has 1 unspecified atom stereocenters. The van der Waals surface area contributed by atoms with Crippen molar-refractivity contribution in [3.05, 3.63) is 23.2 Å². The first kappa shape index (κ1) is 9.86. The molecule has 0 spiro atoms. The predicted octanol–water partition coefficient (Wildman–Crippen LogP) is 1.99. The predicted molar refractivity (Wildman–Crippen MR) is 58.9 cm³/mol. The molecule has 6 heteroatoms. The van der Waals surface area contributed by atoms with Crippen molar-refractivity contribution in [1.82, 2.24) is 14.8 Å². The summed E-state index contributed by atoms with van der Waals surface area (Å²) in [7, 11) is 0. The van der Waals surface area contributed by atoms with Gasteiger partial charge in [-0.2, -0.15) is 0 Å². The SMILES string of the molecule is NC1CCCn2nc(-c3ccc(Cl)o3)nc21. The minimum absolute atomic E-state index is 0.0274. The Morgan fingerprint density at radius 2 is 2.38 bits per heavy atom. The Labute approximate surface area is 97.2 Å². The summed E-state index contributed by atoms with van der Waals surface area (Å²) < 4.78 is 7.12. The van der Waals surface area contributed by atoms with E-state index in [1.54, 1.807) is 12.1 Å². The fraction of sp³-hybridized carbons (Fsp3) is 0.400. The van der Waals surface area contributed by atoms with Crippen molar-refractivity contribution in [3.8, 4) is 11.6 Å². The van der Waals surface area contributed by atoms with Crippen molar-refractivity contribution in [1.29, 1.82) is 0 Å². The smallest absolute Gasteiger partial charge is 0.217 e. The highest BCUT2D eigenvalue weighted by molar-refractivity contribution is 6.28. The van der Waals surface area contributed by atoms with Crippen molar-refractivity contribution in [2.24, 2.45) is 5.73 Å². The van der Waals surface area contributed by atoms with Gasteiger partial charge in [-0.3, -0.25) is 0 Å². The van der Waals surface area contributed by atoms with Gasteiger partial charge in [0.05, 0.1) is 6.04 Å². The Balaban J connectivity index is 2.04. The van der Waals surface area contributed by atoms with Crippen molar-refractivity contribution in [2.45, 2.75) is 25.4 Å². The summed E-state index contributed by atoms with van der Waals surface area (Å²) in [6, 6.07) is 3.41. The molecule has 0 aromatic carbocycles. The van der Waals surface area contributed by atoms with Gasteiger partial charge in [0.1, 0.15) is 5.82 Å². The van der Waals surface area contributed by atoms with Crippen LogP contribution in [0.2, 0.25) is 5.22 Å². The number of nitrogens with two attached hydrogens (primary N) is 1. The van der Waals surface area contributed by atoms with Crippen LogP contribution in [0.1, 0.15) is 24.7 Å². The van der Waals surface area contributed by atoms with Crippen molar-refractivity contribution in [3.63, 3.8) is 0 Å². The molecule has 5 nitrogen and oxygen atoms in total. The average Bonchev–Trinajstić information content (AvgIpc) is 2.84. The lowest BCUT2D eigenvalue weighted by Crippen LogP contribution is -2.22. The first-order valence-electron chi connectivity index (χ1n) is 5.20. The van der Waals surface area contributed by atoms with Gasteiger partial charge in [0.2, 0.25) is 5.82 Å². The Bertz CT molecular complexity index is 519. The van der Waals surface area contributed by atoms with Gasteiger partial charge in [0.15, 0.2) is 11.0 Å². The molecular weight excluding hydrogens is 228 g/mol. The van der Waals surface area contributed by atoms with E-state index in [4.69, 9.17) is 21.8 Å². The van der Waals surface area contributed by atoms with E-state index < -0.39 is 0 Å². The first-order valence-corrected chi connectivity index (χ1v) is 5.58. The summed E-state index contributed by atoms with van der Waals surface area (Å²) in [5.74, 6) is 1.96. The normalized spacial score (nSPS) is 19.8. The average molecular weight is 239 g/mol. The maximum atomic E-state index is 5.96. The van der Waals surface area contributed by atoms with Gasteiger partial charge in [-0.25, -0.2) is 9.67 Å². The third kappa shape index (κ3) is 1.52. The quantitative estimate of drug-likeness (QED) is 0.825. The molecule has 1 atom stereocenters. The van der Waals surface area contributed by atoms with Crippen LogP contribution in [0.25, 0.3) is 11.6 Å². The third-order valence-corrected chi connectivity index (χ3v) is 2.91. The largest absolute Gasteiger partial charge is 0.441 e. The van der Waals surface area contributed by atoms with Crippen molar-refractivity contribution in [2.75, 3.05) is 0 Å². The van der Waals surface area contributed by atoms with E-state index in [0.717, 1.165) is 25.2 Å². The van der Waals surface area contributed by atoms with Crippen LogP contribution >= 0.6 is 11.6 Å². The summed E-state index contributed by atoms with van der Waals surface area (Å²) >= 11 is 5.71. The molecule has 84 valence electrons. The van der Waals surface area contributed by atoms with Gasteiger partial charge in [-0.15, -0.1) is 5.10 Å². The molecule has 2 aromatic heterocycles. The maximum absolute atomic E-state index is 5.96. The number of hydrogen-bond acceptors (Lipinski definition) is 4.